The van der Waals surface area contributed by atoms with Crippen molar-refractivity contribution in [2.45, 2.75) is 6.92 Å². The third kappa shape index (κ3) is 1.40. The zero-order valence-corrected chi connectivity index (χ0v) is 11.0. The van der Waals surface area contributed by atoms with E-state index in [1.54, 1.807) is 10.9 Å². The van der Waals surface area contributed by atoms with Gasteiger partial charge in [0.15, 0.2) is 0 Å². The molecule has 2 aromatic carbocycles. The SMILES string of the molecule is Cc1ccc(-n2ncc3c2C(=O)c2ccccc2-3)cc1. The van der Waals surface area contributed by atoms with Crippen molar-refractivity contribution in [3.05, 3.63) is 71.5 Å². The van der Waals surface area contributed by atoms with Crippen LogP contribution in [0.4, 0.5) is 0 Å². The summed E-state index contributed by atoms with van der Waals surface area (Å²) in [6, 6.07) is 15.7. The van der Waals surface area contributed by atoms with E-state index in [9.17, 15) is 4.79 Å². The van der Waals surface area contributed by atoms with Crippen LogP contribution in [0.2, 0.25) is 0 Å². The molecule has 1 aliphatic rings. The number of hydrogen-bond donors (Lipinski definition) is 0. The molecule has 0 radical (unpaired) electrons. The lowest BCUT2D eigenvalue weighted by atomic mass is 10.1. The number of carbonyl (C=O) groups is 1. The summed E-state index contributed by atoms with van der Waals surface area (Å²) in [5.41, 5.74) is 5.43. The summed E-state index contributed by atoms with van der Waals surface area (Å²) >= 11 is 0. The lowest BCUT2D eigenvalue weighted by Gasteiger charge is -2.05. The average molecular weight is 260 g/mol. The lowest BCUT2D eigenvalue weighted by molar-refractivity contribution is 0.103. The van der Waals surface area contributed by atoms with Gasteiger partial charge in [-0.05, 0) is 24.6 Å². The lowest BCUT2D eigenvalue weighted by Crippen LogP contribution is -2.07. The van der Waals surface area contributed by atoms with Crippen LogP contribution in [0.15, 0.2) is 54.7 Å². The van der Waals surface area contributed by atoms with Gasteiger partial charge in [0.05, 0.1) is 11.9 Å². The van der Waals surface area contributed by atoms with Gasteiger partial charge in [-0.2, -0.15) is 5.10 Å². The topological polar surface area (TPSA) is 34.9 Å². The molecule has 0 aliphatic heterocycles. The molecule has 3 heteroatoms. The molecule has 0 N–H and O–H groups in total. The Hall–Kier alpha value is -2.68. The molecule has 1 heterocycles. The monoisotopic (exact) mass is 260 g/mol. The number of hydrogen-bond acceptors (Lipinski definition) is 2. The van der Waals surface area contributed by atoms with Crippen LogP contribution in [-0.4, -0.2) is 15.6 Å². The molecule has 0 unspecified atom stereocenters. The number of rotatable bonds is 1. The van der Waals surface area contributed by atoms with Gasteiger partial charge in [0.1, 0.15) is 5.69 Å². The number of aromatic nitrogens is 2. The van der Waals surface area contributed by atoms with E-state index >= 15 is 0 Å². The summed E-state index contributed by atoms with van der Waals surface area (Å²) in [4.78, 5) is 12.5. The fourth-order valence-corrected chi connectivity index (χ4v) is 2.69. The quantitative estimate of drug-likeness (QED) is 0.526. The van der Waals surface area contributed by atoms with Crippen molar-refractivity contribution in [1.82, 2.24) is 9.78 Å². The number of benzene rings is 2. The first-order valence-electron chi connectivity index (χ1n) is 6.55. The highest BCUT2D eigenvalue weighted by molar-refractivity contribution is 6.20. The van der Waals surface area contributed by atoms with Crippen LogP contribution in [0.1, 0.15) is 21.6 Å². The van der Waals surface area contributed by atoms with Crippen molar-refractivity contribution in [2.75, 3.05) is 0 Å². The standard InChI is InChI=1S/C17H12N2O/c1-11-6-8-12(9-7-11)19-16-15(10-18-19)13-4-2-3-5-14(13)17(16)20/h2-10H,1H3. The predicted octanol–water partition coefficient (Wildman–Crippen LogP) is 3.39. The maximum Gasteiger partial charge on any atom is 0.212 e. The maximum absolute atomic E-state index is 12.5. The van der Waals surface area contributed by atoms with Gasteiger partial charge < -0.3 is 0 Å². The van der Waals surface area contributed by atoms with Crippen LogP contribution >= 0.6 is 0 Å². The van der Waals surface area contributed by atoms with Crippen molar-refractivity contribution in [3.63, 3.8) is 0 Å². The van der Waals surface area contributed by atoms with Crippen molar-refractivity contribution in [1.29, 1.82) is 0 Å². The second-order valence-corrected chi connectivity index (χ2v) is 5.03. The van der Waals surface area contributed by atoms with Gasteiger partial charge in [-0.15, -0.1) is 0 Å². The van der Waals surface area contributed by atoms with Crippen molar-refractivity contribution in [2.24, 2.45) is 0 Å². The van der Waals surface area contributed by atoms with E-state index in [0.29, 0.717) is 5.69 Å². The first kappa shape index (κ1) is 11.2. The highest BCUT2D eigenvalue weighted by Gasteiger charge is 2.31. The zero-order chi connectivity index (χ0) is 13.7. The van der Waals surface area contributed by atoms with E-state index in [-0.39, 0.29) is 5.78 Å². The van der Waals surface area contributed by atoms with Crippen LogP contribution in [0.5, 0.6) is 0 Å². The Labute approximate surface area is 116 Å². The summed E-state index contributed by atoms with van der Waals surface area (Å²) in [5, 5.41) is 4.38. The molecular formula is C17H12N2O. The highest BCUT2D eigenvalue weighted by atomic mass is 16.1. The minimum absolute atomic E-state index is 0.0497. The van der Waals surface area contributed by atoms with Crippen molar-refractivity contribution in [3.8, 4) is 16.8 Å². The van der Waals surface area contributed by atoms with Gasteiger partial charge in [0.25, 0.3) is 0 Å². The van der Waals surface area contributed by atoms with Crippen LogP contribution in [0.3, 0.4) is 0 Å². The second kappa shape index (κ2) is 3.90. The molecule has 20 heavy (non-hydrogen) atoms. The number of ketones is 1. The smallest absolute Gasteiger partial charge is 0.212 e. The summed E-state index contributed by atoms with van der Waals surface area (Å²) < 4.78 is 1.73. The Kier molecular flexibility index (Phi) is 2.18. The number of aryl methyl sites for hydroxylation is 1. The molecular weight excluding hydrogens is 248 g/mol. The molecule has 0 saturated carbocycles. The van der Waals surface area contributed by atoms with Gasteiger partial charge in [0.2, 0.25) is 5.78 Å². The molecule has 0 bridgehead atoms. The minimum atomic E-state index is 0.0497. The normalized spacial score (nSPS) is 12.3. The van der Waals surface area contributed by atoms with E-state index in [2.05, 4.69) is 5.10 Å². The molecule has 4 rings (SSSR count). The summed E-state index contributed by atoms with van der Waals surface area (Å²) in [5.74, 6) is 0.0497. The largest absolute Gasteiger partial charge is 0.287 e. The van der Waals surface area contributed by atoms with Gasteiger partial charge in [-0.25, -0.2) is 4.68 Å². The fourth-order valence-electron chi connectivity index (χ4n) is 2.69. The highest BCUT2D eigenvalue weighted by Crippen LogP contribution is 2.37. The van der Waals surface area contributed by atoms with Crippen molar-refractivity contribution >= 4 is 5.78 Å². The Balaban J connectivity index is 1.94. The molecule has 1 aliphatic carbocycles. The maximum atomic E-state index is 12.5. The van der Waals surface area contributed by atoms with Gasteiger partial charge in [-0.3, -0.25) is 4.79 Å². The first-order chi connectivity index (χ1) is 9.75. The Morgan fingerprint density at radius 1 is 0.900 bits per heavy atom. The van der Waals surface area contributed by atoms with Crippen LogP contribution in [0, 0.1) is 6.92 Å². The van der Waals surface area contributed by atoms with Crippen LogP contribution in [-0.2, 0) is 0 Å². The van der Waals surface area contributed by atoms with E-state index in [4.69, 9.17) is 0 Å². The van der Waals surface area contributed by atoms with Crippen molar-refractivity contribution < 1.29 is 4.79 Å². The average Bonchev–Trinajstić information content (AvgIpc) is 3.02. The number of nitrogens with zero attached hydrogens (tertiary/aromatic N) is 2. The van der Waals surface area contributed by atoms with Gasteiger partial charge in [0, 0.05) is 11.1 Å². The number of carbonyl (C=O) groups excluding carboxylic acids is 1. The molecule has 3 aromatic rings. The Bertz CT molecular complexity index is 828. The molecule has 1 aromatic heterocycles. The summed E-state index contributed by atoms with van der Waals surface area (Å²) in [6.45, 7) is 2.04. The second-order valence-electron chi connectivity index (χ2n) is 5.03. The molecule has 0 saturated heterocycles. The van der Waals surface area contributed by atoms with E-state index in [0.717, 1.165) is 22.4 Å². The molecule has 0 atom stereocenters. The van der Waals surface area contributed by atoms with Gasteiger partial charge >= 0.3 is 0 Å². The van der Waals surface area contributed by atoms with Gasteiger partial charge in [-0.1, -0.05) is 42.0 Å². The van der Waals surface area contributed by atoms with Crippen LogP contribution < -0.4 is 0 Å². The molecule has 0 fully saturated rings. The molecule has 0 spiro atoms. The molecule has 96 valence electrons. The van der Waals surface area contributed by atoms with Crippen LogP contribution in [0.25, 0.3) is 16.8 Å². The van der Waals surface area contributed by atoms with E-state index in [1.165, 1.54) is 5.56 Å². The summed E-state index contributed by atoms with van der Waals surface area (Å²) in [7, 11) is 0. The van der Waals surface area contributed by atoms with E-state index < -0.39 is 0 Å². The third-order valence-corrected chi connectivity index (χ3v) is 3.72. The minimum Gasteiger partial charge on any atom is -0.287 e. The number of fused-ring (bicyclic) bond motifs is 3. The Morgan fingerprint density at radius 2 is 1.60 bits per heavy atom. The molecule has 3 nitrogen and oxygen atoms in total. The fraction of sp³-hybridized carbons (Fsp3) is 0.0588. The Morgan fingerprint density at radius 3 is 2.35 bits per heavy atom. The van der Waals surface area contributed by atoms with E-state index in [1.807, 2.05) is 55.5 Å². The third-order valence-electron chi connectivity index (χ3n) is 3.72. The zero-order valence-electron chi connectivity index (χ0n) is 11.0. The predicted molar refractivity (Wildman–Crippen MR) is 77.2 cm³/mol. The summed E-state index contributed by atoms with van der Waals surface area (Å²) in [6.07, 6.45) is 1.78. The first-order valence-corrected chi connectivity index (χ1v) is 6.55. The molecule has 0 amide bonds.